The zero-order chi connectivity index (χ0) is 19.0. The van der Waals surface area contributed by atoms with E-state index in [0.717, 1.165) is 55.8 Å². The van der Waals surface area contributed by atoms with Gasteiger partial charge in [-0.2, -0.15) is 0 Å². The van der Waals surface area contributed by atoms with E-state index in [1.807, 2.05) is 11.0 Å². The van der Waals surface area contributed by atoms with Gasteiger partial charge < -0.3 is 26.0 Å². The van der Waals surface area contributed by atoms with Gasteiger partial charge in [-0.05, 0) is 18.2 Å². The van der Waals surface area contributed by atoms with Gasteiger partial charge in [0.15, 0.2) is 0 Å². The Morgan fingerprint density at radius 1 is 1.15 bits per heavy atom. The summed E-state index contributed by atoms with van der Waals surface area (Å²) in [6.07, 6.45) is 1.38. The van der Waals surface area contributed by atoms with E-state index in [1.54, 1.807) is 30.2 Å². The molecule has 7 nitrogen and oxygen atoms in total. The number of rotatable bonds is 4. The van der Waals surface area contributed by atoms with Crippen LogP contribution in [0.2, 0.25) is 10.0 Å². The summed E-state index contributed by atoms with van der Waals surface area (Å²) < 4.78 is 5.41. The zero-order valence-electron chi connectivity index (χ0n) is 14.7. The van der Waals surface area contributed by atoms with E-state index in [9.17, 15) is 0 Å². The van der Waals surface area contributed by atoms with Gasteiger partial charge in [0, 0.05) is 31.9 Å². The maximum Gasteiger partial charge on any atom is 0.145 e. The molecule has 27 heavy (non-hydrogen) atoms. The van der Waals surface area contributed by atoms with Crippen LogP contribution < -0.4 is 16.4 Å². The summed E-state index contributed by atoms with van der Waals surface area (Å²) in [6, 6.07) is 5.42. The van der Waals surface area contributed by atoms with Gasteiger partial charge in [-0.3, -0.25) is 4.90 Å². The van der Waals surface area contributed by atoms with Crippen LogP contribution in [0, 0.1) is 0 Å². The molecule has 0 bridgehead atoms. The summed E-state index contributed by atoms with van der Waals surface area (Å²) in [7, 11) is 0. The molecule has 1 fully saturated rings. The van der Waals surface area contributed by atoms with Crippen molar-refractivity contribution in [2.24, 2.45) is 16.5 Å². The minimum absolute atomic E-state index is 0.187. The monoisotopic (exact) mass is 428 g/mol. The molecule has 3 aliphatic rings. The Bertz CT molecular complexity index is 770. The van der Waals surface area contributed by atoms with Crippen molar-refractivity contribution in [1.82, 2.24) is 9.80 Å². The fourth-order valence-corrected chi connectivity index (χ4v) is 4.76. The van der Waals surface area contributed by atoms with E-state index in [1.165, 1.54) is 0 Å². The summed E-state index contributed by atoms with van der Waals surface area (Å²) in [5.41, 5.74) is 13.5. The molecule has 0 spiro atoms. The molecule has 0 saturated carbocycles. The molecule has 4 rings (SSSR count). The van der Waals surface area contributed by atoms with E-state index < -0.39 is 0 Å². The van der Waals surface area contributed by atoms with Crippen molar-refractivity contribution >= 4 is 47.0 Å². The highest BCUT2D eigenvalue weighted by molar-refractivity contribution is 8.03. The molecule has 1 saturated heterocycles. The highest BCUT2D eigenvalue weighted by Crippen LogP contribution is 2.41. The summed E-state index contributed by atoms with van der Waals surface area (Å²) >= 11 is 13.7. The van der Waals surface area contributed by atoms with Crippen LogP contribution in [0.4, 0.5) is 5.69 Å². The molecular formula is C17H22Cl2N6OS. The van der Waals surface area contributed by atoms with Crippen LogP contribution in [0.3, 0.4) is 0 Å². The van der Waals surface area contributed by atoms with Crippen LogP contribution in [0.5, 0.6) is 0 Å². The van der Waals surface area contributed by atoms with Crippen molar-refractivity contribution in [2.75, 3.05) is 44.3 Å². The van der Waals surface area contributed by atoms with Gasteiger partial charge in [-0.1, -0.05) is 35.0 Å². The Kier molecular flexibility index (Phi) is 5.84. The van der Waals surface area contributed by atoms with Crippen LogP contribution in [-0.2, 0) is 4.74 Å². The number of hydrogen-bond donors (Lipinski definition) is 2. The molecule has 3 heterocycles. The first-order valence-electron chi connectivity index (χ1n) is 8.81. The van der Waals surface area contributed by atoms with E-state index in [2.05, 4.69) is 14.8 Å². The molecule has 0 radical (unpaired) electrons. The Labute approximate surface area is 172 Å². The second-order valence-corrected chi connectivity index (χ2v) is 8.51. The number of hydrogen-bond acceptors (Lipinski definition) is 8. The number of halogens is 2. The number of nitrogens with two attached hydrogens (primary N) is 2. The molecule has 4 N–H and O–H groups in total. The predicted molar refractivity (Wildman–Crippen MR) is 112 cm³/mol. The standard InChI is InChI=1S/C17H22Cl2N6OS/c18-12-2-1-11(9-13(12)19)25-10-22-16-14(15(25)20)27-17(21)24(16)4-3-23-5-7-26-8-6-23/h1-2,9-10,15,17H,3-8,20-21H2. The SMILES string of the molecule is NC1SC2=C(N=CN(c3ccc(Cl)c(Cl)c3)C2N)N1CCN1CCOCC1. The first-order valence-corrected chi connectivity index (χ1v) is 10.4. The van der Waals surface area contributed by atoms with Crippen molar-refractivity contribution < 1.29 is 4.74 Å². The fourth-order valence-electron chi connectivity index (χ4n) is 3.34. The van der Waals surface area contributed by atoms with Crippen molar-refractivity contribution in [3.8, 4) is 0 Å². The number of anilines is 1. The number of nitrogens with zero attached hydrogens (tertiary/aromatic N) is 4. The lowest BCUT2D eigenvalue weighted by Crippen LogP contribution is -2.46. The number of morpholine rings is 1. The van der Waals surface area contributed by atoms with Gasteiger partial charge in [-0.15, -0.1) is 0 Å². The first-order chi connectivity index (χ1) is 13.0. The lowest BCUT2D eigenvalue weighted by atomic mass is 10.2. The number of thioether (sulfide) groups is 1. The zero-order valence-corrected chi connectivity index (χ0v) is 17.1. The van der Waals surface area contributed by atoms with Crippen LogP contribution >= 0.6 is 35.0 Å². The third-order valence-electron chi connectivity index (χ3n) is 4.88. The molecule has 1 aromatic carbocycles. The van der Waals surface area contributed by atoms with Crippen LogP contribution in [0.1, 0.15) is 0 Å². The van der Waals surface area contributed by atoms with E-state index in [4.69, 9.17) is 39.4 Å². The number of benzene rings is 1. The Morgan fingerprint density at radius 3 is 2.67 bits per heavy atom. The fraction of sp³-hybridized carbons (Fsp3) is 0.471. The average molecular weight is 429 g/mol. The third kappa shape index (κ3) is 3.93. The molecular weight excluding hydrogens is 407 g/mol. The molecule has 2 atom stereocenters. The highest BCUT2D eigenvalue weighted by atomic mass is 35.5. The topological polar surface area (TPSA) is 83.3 Å². The highest BCUT2D eigenvalue weighted by Gasteiger charge is 2.37. The van der Waals surface area contributed by atoms with Crippen molar-refractivity contribution in [2.45, 2.75) is 11.7 Å². The maximum atomic E-state index is 6.52. The largest absolute Gasteiger partial charge is 0.379 e. The van der Waals surface area contributed by atoms with E-state index in [-0.39, 0.29) is 11.7 Å². The second-order valence-electron chi connectivity index (χ2n) is 6.54. The molecule has 3 aliphatic heterocycles. The Morgan fingerprint density at radius 2 is 1.93 bits per heavy atom. The van der Waals surface area contributed by atoms with Crippen molar-refractivity contribution in [3.05, 3.63) is 39.0 Å². The van der Waals surface area contributed by atoms with Gasteiger partial charge in [0.25, 0.3) is 0 Å². The summed E-state index contributed by atoms with van der Waals surface area (Å²) in [5.74, 6) is 0.865. The van der Waals surface area contributed by atoms with Gasteiger partial charge in [0.1, 0.15) is 17.5 Å². The molecule has 10 heteroatoms. The third-order valence-corrected chi connectivity index (χ3v) is 6.80. The van der Waals surface area contributed by atoms with Crippen molar-refractivity contribution in [3.63, 3.8) is 0 Å². The molecule has 2 unspecified atom stereocenters. The van der Waals surface area contributed by atoms with Crippen LogP contribution in [0.15, 0.2) is 33.9 Å². The van der Waals surface area contributed by atoms with Gasteiger partial charge in [0.2, 0.25) is 0 Å². The number of ether oxygens (including phenoxy) is 1. The minimum Gasteiger partial charge on any atom is -0.379 e. The lowest BCUT2D eigenvalue weighted by molar-refractivity contribution is 0.0345. The smallest absolute Gasteiger partial charge is 0.145 e. The minimum atomic E-state index is -0.362. The molecule has 0 amide bonds. The maximum absolute atomic E-state index is 6.52. The Balaban J connectivity index is 1.48. The molecule has 0 aromatic heterocycles. The molecule has 0 aliphatic carbocycles. The molecule has 1 aromatic rings. The quantitative estimate of drug-likeness (QED) is 0.757. The normalized spacial score (nSPS) is 26.1. The summed E-state index contributed by atoms with van der Waals surface area (Å²) in [5, 5.41) is 0.992. The summed E-state index contributed by atoms with van der Waals surface area (Å²) in [6.45, 7) is 5.22. The second kappa shape index (κ2) is 8.16. The number of aliphatic imine (C=N–C) groups is 1. The van der Waals surface area contributed by atoms with Gasteiger partial charge in [-0.25, -0.2) is 4.99 Å². The van der Waals surface area contributed by atoms with Gasteiger partial charge in [0.05, 0.1) is 34.5 Å². The van der Waals surface area contributed by atoms with Crippen molar-refractivity contribution in [1.29, 1.82) is 0 Å². The lowest BCUT2D eigenvalue weighted by Gasteiger charge is -2.32. The predicted octanol–water partition coefficient (Wildman–Crippen LogP) is 1.92. The van der Waals surface area contributed by atoms with E-state index >= 15 is 0 Å². The van der Waals surface area contributed by atoms with E-state index in [0.29, 0.717) is 10.0 Å². The molecule has 146 valence electrons. The first kappa shape index (κ1) is 19.3. The van der Waals surface area contributed by atoms with Gasteiger partial charge >= 0.3 is 0 Å². The summed E-state index contributed by atoms with van der Waals surface area (Å²) in [4.78, 5) is 12.0. The Hall–Kier alpha value is -1.00. The van der Waals surface area contributed by atoms with Crippen LogP contribution in [-0.4, -0.2) is 67.2 Å². The van der Waals surface area contributed by atoms with Crippen LogP contribution in [0.25, 0.3) is 0 Å². The average Bonchev–Trinajstić information content (AvgIpc) is 3.00.